The normalized spacial score (nSPS) is 11.3. The first kappa shape index (κ1) is 13.7. The van der Waals surface area contributed by atoms with E-state index in [4.69, 9.17) is 12.2 Å². The van der Waals surface area contributed by atoms with Crippen LogP contribution in [-0.2, 0) is 6.42 Å². The number of benzene rings is 1. The van der Waals surface area contributed by atoms with E-state index in [2.05, 4.69) is 41.3 Å². The third-order valence-corrected chi connectivity index (χ3v) is 3.14. The first-order valence-corrected chi connectivity index (χ1v) is 6.89. The Morgan fingerprint density at radius 2 is 2.11 bits per heavy atom. The Morgan fingerprint density at radius 3 is 2.79 bits per heavy atom. The Hall–Kier alpha value is -1.75. The molecule has 0 radical (unpaired) electrons. The number of rotatable bonds is 5. The second-order valence-corrected chi connectivity index (χ2v) is 4.90. The molecule has 4 nitrogen and oxygen atoms in total. The van der Waals surface area contributed by atoms with Crippen molar-refractivity contribution < 1.29 is 0 Å². The summed E-state index contributed by atoms with van der Waals surface area (Å²) in [7, 11) is 0. The van der Waals surface area contributed by atoms with Crippen molar-refractivity contribution in [3.05, 3.63) is 46.0 Å². The molecule has 0 saturated heterocycles. The van der Waals surface area contributed by atoms with Gasteiger partial charge >= 0.3 is 0 Å². The van der Waals surface area contributed by atoms with E-state index in [0.29, 0.717) is 4.77 Å². The van der Waals surface area contributed by atoms with Gasteiger partial charge in [-0.1, -0.05) is 43.2 Å². The zero-order valence-electron chi connectivity index (χ0n) is 11.3. The minimum atomic E-state index is 0.537. The third-order valence-electron chi connectivity index (χ3n) is 2.87. The number of H-pyrrole nitrogens is 1. The van der Waals surface area contributed by atoms with Gasteiger partial charge in [-0.3, -0.25) is 5.10 Å². The molecule has 0 bridgehead atoms. The number of nitrogens with zero attached hydrogens (tertiary/aromatic N) is 3. The summed E-state index contributed by atoms with van der Waals surface area (Å²) in [5, 5.41) is 11.4. The Balaban J connectivity index is 2.20. The molecule has 0 spiro atoms. The summed E-state index contributed by atoms with van der Waals surface area (Å²) >= 11 is 5.19. The van der Waals surface area contributed by atoms with Crippen molar-refractivity contribution in [1.82, 2.24) is 14.9 Å². The predicted molar refractivity (Wildman–Crippen MR) is 80.2 cm³/mol. The Kier molecular flexibility index (Phi) is 4.63. The summed E-state index contributed by atoms with van der Waals surface area (Å²) in [4.78, 5) is 0. The number of nitrogens with one attached hydrogen (secondary N) is 1. The largest absolute Gasteiger partial charge is 0.250 e. The summed E-state index contributed by atoms with van der Waals surface area (Å²) in [6.07, 6.45) is 4.90. The van der Waals surface area contributed by atoms with Gasteiger partial charge in [0, 0.05) is 6.42 Å². The van der Waals surface area contributed by atoms with Crippen molar-refractivity contribution in [1.29, 1.82) is 0 Å². The minimum Gasteiger partial charge on any atom is -0.250 e. The molecule has 2 aromatic rings. The Labute approximate surface area is 118 Å². The molecule has 100 valence electrons. The molecule has 0 saturated carbocycles. The van der Waals surface area contributed by atoms with Crippen molar-refractivity contribution in [2.75, 3.05) is 0 Å². The molecule has 0 aliphatic carbocycles. The van der Waals surface area contributed by atoms with Gasteiger partial charge in [-0.15, -0.1) is 0 Å². The monoisotopic (exact) mass is 274 g/mol. The molecule has 1 heterocycles. The molecule has 0 unspecified atom stereocenters. The fourth-order valence-electron chi connectivity index (χ4n) is 1.72. The lowest BCUT2D eigenvalue weighted by Crippen LogP contribution is -1.99. The van der Waals surface area contributed by atoms with Gasteiger partial charge in [-0.2, -0.15) is 14.9 Å². The maximum absolute atomic E-state index is 5.19. The Bertz CT molecular complexity index is 607. The van der Waals surface area contributed by atoms with Crippen LogP contribution in [0, 0.1) is 11.7 Å². The van der Waals surface area contributed by atoms with Crippen molar-refractivity contribution in [2.24, 2.45) is 5.10 Å². The average molecular weight is 274 g/mol. The summed E-state index contributed by atoms with van der Waals surface area (Å²) in [5.41, 5.74) is 2.29. The zero-order valence-corrected chi connectivity index (χ0v) is 12.1. The molecule has 2 rings (SSSR count). The van der Waals surface area contributed by atoms with Crippen LogP contribution < -0.4 is 0 Å². The lowest BCUT2D eigenvalue weighted by Gasteiger charge is -1.99. The van der Waals surface area contributed by atoms with Gasteiger partial charge in [0.25, 0.3) is 0 Å². The van der Waals surface area contributed by atoms with Crippen LogP contribution in [0.2, 0.25) is 0 Å². The predicted octanol–water partition coefficient (Wildman–Crippen LogP) is 3.47. The van der Waals surface area contributed by atoms with Crippen molar-refractivity contribution in [2.45, 2.75) is 33.1 Å². The lowest BCUT2D eigenvalue weighted by molar-refractivity contribution is 0.700. The number of aromatic amines is 1. The Morgan fingerprint density at radius 1 is 1.37 bits per heavy atom. The van der Waals surface area contributed by atoms with E-state index in [1.54, 1.807) is 10.9 Å². The van der Waals surface area contributed by atoms with Crippen molar-refractivity contribution in [3.63, 3.8) is 0 Å². The van der Waals surface area contributed by atoms with E-state index in [1.807, 2.05) is 12.1 Å². The lowest BCUT2D eigenvalue weighted by atomic mass is 10.2. The highest BCUT2D eigenvalue weighted by Crippen LogP contribution is 2.05. The van der Waals surface area contributed by atoms with E-state index >= 15 is 0 Å². The van der Waals surface area contributed by atoms with Crippen LogP contribution in [0.1, 0.15) is 36.7 Å². The first-order valence-electron chi connectivity index (χ1n) is 6.48. The van der Waals surface area contributed by atoms with E-state index in [-0.39, 0.29) is 0 Å². The quantitative estimate of drug-likeness (QED) is 0.670. The van der Waals surface area contributed by atoms with Crippen LogP contribution in [0.15, 0.2) is 29.4 Å². The highest BCUT2D eigenvalue weighted by Gasteiger charge is 2.03. The smallest absolute Gasteiger partial charge is 0.216 e. The molecule has 0 fully saturated rings. The van der Waals surface area contributed by atoms with Gasteiger partial charge < -0.3 is 0 Å². The minimum absolute atomic E-state index is 0.537. The zero-order chi connectivity index (χ0) is 13.7. The summed E-state index contributed by atoms with van der Waals surface area (Å²) in [5.74, 6) is 0.884. The van der Waals surface area contributed by atoms with Crippen molar-refractivity contribution >= 4 is 18.4 Å². The van der Waals surface area contributed by atoms with Crippen LogP contribution in [0.5, 0.6) is 0 Å². The molecule has 19 heavy (non-hydrogen) atoms. The maximum atomic E-state index is 5.19. The van der Waals surface area contributed by atoms with Crippen LogP contribution in [0.25, 0.3) is 0 Å². The van der Waals surface area contributed by atoms with Crippen LogP contribution in [0.3, 0.4) is 0 Å². The van der Waals surface area contributed by atoms with Crippen molar-refractivity contribution in [3.8, 4) is 0 Å². The highest BCUT2D eigenvalue weighted by molar-refractivity contribution is 7.71. The fraction of sp³-hybridized carbons (Fsp3) is 0.357. The topological polar surface area (TPSA) is 46.0 Å². The van der Waals surface area contributed by atoms with E-state index < -0.39 is 0 Å². The van der Waals surface area contributed by atoms with E-state index in [9.17, 15) is 0 Å². The van der Waals surface area contributed by atoms with Gasteiger partial charge in [-0.25, -0.2) is 0 Å². The molecule has 5 heteroatoms. The average Bonchev–Trinajstić information content (AvgIpc) is 2.76. The molecule has 0 aliphatic heterocycles. The summed E-state index contributed by atoms with van der Waals surface area (Å²) < 4.78 is 2.24. The molecule has 0 aliphatic rings. The SMILES string of the molecule is CCCCc1n[nH]c(=S)n1/N=C\c1ccc(C)cc1. The summed E-state index contributed by atoms with van der Waals surface area (Å²) in [6.45, 7) is 4.22. The number of aryl methyl sites for hydroxylation is 2. The second-order valence-electron chi connectivity index (χ2n) is 4.52. The maximum Gasteiger partial charge on any atom is 0.216 e. The van der Waals surface area contributed by atoms with E-state index in [1.165, 1.54) is 5.56 Å². The fourth-order valence-corrected chi connectivity index (χ4v) is 1.92. The molecule has 0 atom stereocenters. The second kappa shape index (κ2) is 6.43. The van der Waals surface area contributed by atoms with Crippen LogP contribution in [0.4, 0.5) is 0 Å². The van der Waals surface area contributed by atoms with Crippen LogP contribution in [-0.4, -0.2) is 21.1 Å². The molecular formula is C14H18N4S. The highest BCUT2D eigenvalue weighted by atomic mass is 32.1. The third kappa shape index (κ3) is 3.61. The molecule has 0 amide bonds. The molecule has 1 N–H and O–H groups in total. The number of hydrogen-bond donors (Lipinski definition) is 1. The summed E-state index contributed by atoms with van der Waals surface area (Å²) in [6, 6.07) is 8.20. The number of hydrogen-bond acceptors (Lipinski definition) is 3. The molecule has 1 aromatic carbocycles. The van der Waals surface area contributed by atoms with Gasteiger partial charge in [0.2, 0.25) is 4.77 Å². The number of aromatic nitrogens is 3. The van der Waals surface area contributed by atoms with Crippen LogP contribution >= 0.6 is 12.2 Å². The van der Waals surface area contributed by atoms with Gasteiger partial charge in [0.15, 0.2) is 5.82 Å². The molecular weight excluding hydrogens is 256 g/mol. The molecule has 1 aromatic heterocycles. The standard InChI is InChI=1S/C14H18N4S/c1-3-4-5-13-16-17-14(19)18(13)15-10-12-8-6-11(2)7-9-12/h6-10H,3-5H2,1-2H3,(H,17,19)/b15-10-. The first-order chi connectivity index (χ1) is 9.20. The van der Waals surface area contributed by atoms with Gasteiger partial charge in [-0.05, 0) is 31.1 Å². The van der Waals surface area contributed by atoms with E-state index in [0.717, 1.165) is 30.7 Å². The van der Waals surface area contributed by atoms with Gasteiger partial charge in [0.05, 0.1) is 6.21 Å². The number of unbranched alkanes of at least 4 members (excludes halogenated alkanes) is 1. The van der Waals surface area contributed by atoms with Gasteiger partial charge in [0.1, 0.15) is 0 Å².